The first kappa shape index (κ1) is 11.6. The van der Waals surface area contributed by atoms with E-state index in [2.05, 4.69) is 29.1 Å². The Bertz CT molecular complexity index is 508. The van der Waals surface area contributed by atoms with Crippen LogP contribution in [0.2, 0.25) is 0 Å². The molecule has 2 aromatic rings. The predicted molar refractivity (Wildman–Crippen MR) is 71.9 cm³/mol. The molecule has 0 aliphatic heterocycles. The van der Waals surface area contributed by atoms with Crippen LogP contribution in [-0.4, -0.2) is 16.5 Å². The number of anilines is 2. The van der Waals surface area contributed by atoms with E-state index in [-0.39, 0.29) is 0 Å². The van der Waals surface area contributed by atoms with E-state index in [0.29, 0.717) is 11.9 Å². The quantitative estimate of drug-likeness (QED) is 0.847. The van der Waals surface area contributed by atoms with E-state index in [0.717, 1.165) is 29.7 Å². The van der Waals surface area contributed by atoms with Crippen LogP contribution >= 0.6 is 0 Å². The Labute approximate surface area is 101 Å². The molecule has 2 rings (SSSR count). The lowest BCUT2D eigenvalue weighted by molar-refractivity contribution is 0.607. The first-order valence-electron chi connectivity index (χ1n) is 5.93. The topological polar surface area (TPSA) is 63.8 Å². The minimum Gasteiger partial charge on any atom is -0.369 e. The van der Waals surface area contributed by atoms with E-state index in [4.69, 9.17) is 5.73 Å². The summed E-state index contributed by atoms with van der Waals surface area (Å²) in [6.45, 7) is 5.31. The van der Waals surface area contributed by atoms with Gasteiger partial charge < -0.3 is 11.1 Å². The largest absolute Gasteiger partial charge is 0.369 e. The first-order valence-corrected chi connectivity index (χ1v) is 5.93. The van der Waals surface area contributed by atoms with Crippen molar-refractivity contribution in [1.29, 1.82) is 0 Å². The smallest absolute Gasteiger partial charge is 0.222 e. The highest BCUT2D eigenvalue weighted by Gasteiger charge is 2.05. The zero-order valence-corrected chi connectivity index (χ0v) is 10.3. The van der Waals surface area contributed by atoms with Gasteiger partial charge >= 0.3 is 0 Å². The molecule has 0 saturated heterocycles. The van der Waals surface area contributed by atoms with E-state index in [1.165, 1.54) is 0 Å². The number of nitrogens with zero attached hydrogens (tertiary/aromatic N) is 2. The maximum Gasteiger partial charge on any atom is 0.222 e. The fourth-order valence-corrected chi connectivity index (χ4v) is 1.71. The lowest BCUT2D eigenvalue weighted by atomic mass is 10.1. The van der Waals surface area contributed by atoms with Crippen molar-refractivity contribution in [3.63, 3.8) is 0 Å². The normalized spacial score (nSPS) is 11.0. The Morgan fingerprint density at radius 1 is 1.24 bits per heavy atom. The molecular formula is C13H18N4. The second-order valence-electron chi connectivity index (χ2n) is 4.56. The standard InChI is InChI=1S/C13H18N4/c1-9(2)7-8-15-12-10-5-3-4-6-11(10)16-13(14)17-12/h3-6,9H,7-8H2,1-2H3,(H3,14,15,16,17). The van der Waals surface area contributed by atoms with Gasteiger partial charge in [0.05, 0.1) is 5.52 Å². The number of hydrogen-bond donors (Lipinski definition) is 2. The molecule has 17 heavy (non-hydrogen) atoms. The number of para-hydroxylation sites is 1. The zero-order valence-electron chi connectivity index (χ0n) is 10.3. The number of rotatable bonds is 4. The molecule has 3 N–H and O–H groups in total. The fourth-order valence-electron chi connectivity index (χ4n) is 1.71. The highest BCUT2D eigenvalue weighted by molar-refractivity contribution is 5.89. The summed E-state index contributed by atoms with van der Waals surface area (Å²) in [5, 5.41) is 4.35. The van der Waals surface area contributed by atoms with Crippen LogP contribution in [0.15, 0.2) is 24.3 Å². The molecule has 0 aliphatic rings. The molecule has 0 bridgehead atoms. The van der Waals surface area contributed by atoms with E-state index >= 15 is 0 Å². The van der Waals surface area contributed by atoms with Gasteiger partial charge in [0.25, 0.3) is 0 Å². The van der Waals surface area contributed by atoms with Crippen LogP contribution in [0.5, 0.6) is 0 Å². The van der Waals surface area contributed by atoms with Crippen LogP contribution in [0.3, 0.4) is 0 Å². The molecule has 4 nitrogen and oxygen atoms in total. The van der Waals surface area contributed by atoms with E-state index in [1.54, 1.807) is 0 Å². The summed E-state index contributed by atoms with van der Waals surface area (Å²) in [5.41, 5.74) is 6.58. The number of nitrogens with one attached hydrogen (secondary N) is 1. The van der Waals surface area contributed by atoms with Crippen molar-refractivity contribution in [3.8, 4) is 0 Å². The van der Waals surface area contributed by atoms with Gasteiger partial charge in [-0.2, -0.15) is 4.98 Å². The van der Waals surface area contributed by atoms with E-state index in [9.17, 15) is 0 Å². The second-order valence-corrected chi connectivity index (χ2v) is 4.56. The van der Waals surface area contributed by atoms with Crippen molar-refractivity contribution in [2.75, 3.05) is 17.6 Å². The van der Waals surface area contributed by atoms with Gasteiger partial charge in [-0.05, 0) is 24.5 Å². The summed E-state index contributed by atoms with van der Waals surface area (Å²) in [5.74, 6) is 1.82. The van der Waals surface area contributed by atoms with Crippen LogP contribution < -0.4 is 11.1 Å². The number of aromatic nitrogens is 2. The molecule has 0 radical (unpaired) electrons. The lowest BCUT2D eigenvalue weighted by Crippen LogP contribution is -2.08. The molecule has 0 saturated carbocycles. The van der Waals surface area contributed by atoms with Gasteiger partial charge in [0.1, 0.15) is 5.82 Å². The van der Waals surface area contributed by atoms with Gasteiger partial charge in [0.2, 0.25) is 5.95 Å². The van der Waals surface area contributed by atoms with Crippen molar-refractivity contribution in [3.05, 3.63) is 24.3 Å². The second kappa shape index (κ2) is 4.99. The highest BCUT2D eigenvalue weighted by atomic mass is 15.1. The fraction of sp³-hybridized carbons (Fsp3) is 0.385. The number of hydrogen-bond acceptors (Lipinski definition) is 4. The Morgan fingerprint density at radius 3 is 2.76 bits per heavy atom. The van der Waals surface area contributed by atoms with Gasteiger partial charge in [-0.15, -0.1) is 0 Å². The van der Waals surface area contributed by atoms with Crippen LogP contribution in [0.25, 0.3) is 10.9 Å². The van der Waals surface area contributed by atoms with Crippen LogP contribution in [-0.2, 0) is 0 Å². The summed E-state index contributed by atoms with van der Waals surface area (Å²) < 4.78 is 0. The Hall–Kier alpha value is -1.84. The maximum absolute atomic E-state index is 5.69. The number of fused-ring (bicyclic) bond motifs is 1. The average molecular weight is 230 g/mol. The molecule has 1 aromatic heterocycles. The van der Waals surface area contributed by atoms with Gasteiger partial charge in [0.15, 0.2) is 0 Å². The Morgan fingerprint density at radius 2 is 2.00 bits per heavy atom. The third-order valence-corrected chi connectivity index (χ3v) is 2.63. The Balaban J connectivity index is 2.26. The predicted octanol–water partition coefficient (Wildman–Crippen LogP) is 2.67. The molecule has 1 heterocycles. The minimum atomic E-state index is 0.316. The molecule has 4 heteroatoms. The Kier molecular flexibility index (Phi) is 3.42. The highest BCUT2D eigenvalue weighted by Crippen LogP contribution is 2.20. The number of nitrogen functional groups attached to an aromatic ring is 1. The summed E-state index contributed by atoms with van der Waals surface area (Å²) in [6.07, 6.45) is 1.11. The minimum absolute atomic E-state index is 0.316. The van der Waals surface area contributed by atoms with Gasteiger partial charge in [-0.25, -0.2) is 4.98 Å². The van der Waals surface area contributed by atoms with Crippen LogP contribution in [0, 0.1) is 5.92 Å². The van der Waals surface area contributed by atoms with E-state index < -0.39 is 0 Å². The molecular weight excluding hydrogens is 212 g/mol. The maximum atomic E-state index is 5.69. The van der Waals surface area contributed by atoms with Crippen molar-refractivity contribution >= 4 is 22.7 Å². The molecule has 0 unspecified atom stereocenters. The number of nitrogens with two attached hydrogens (primary N) is 1. The average Bonchev–Trinajstić information content (AvgIpc) is 2.28. The molecule has 1 aromatic carbocycles. The number of benzene rings is 1. The summed E-state index contributed by atoms with van der Waals surface area (Å²) in [7, 11) is 0. The monoisotopic (exact) mass is 230 g/mol. The summed E-state index contributed by atoms with van der Waals surface area (Å²) in [4.78, 5) is 8.46. The lowest BCUT2D eigenvalue weighted by Gasteiger charge is -2.10. The van der Waals surface area contributed by atoms with Gasteiger partial charge in [-0.3, -0.25) is 0 Å². The van der Waals surface area contributed by atoms with Crippen molar-refractivity contribution < 1.29 is 0 Å². The van der Waals surface area contributed by atoms with Crippen molar-refractivity contribution in [2.45, 2.75) is 20.3 Å². The third-order valence-electron chi connectivity index (χ3n) is 2.63. The van der Waals surface area contributed by atoms with Crippen LogP contribution in [0.4, 0.5) is 11.8 Å². The van der Waals surface area contributed by atoms with Crippen molar-refractivity contribution in [1.82, 2.24) is 9.97 Å². The molecule has 0 atom stereocenters. The zero-order chi connectivity index (χ0) is 12.3. The molecule has 0 aliphatic carbocycles. The molecule has 0 amide bonds. The molecule has 0 spiro atoms. The van der Waals surface area contributed by atoms with E-state index in [1.807, 2.05) is 24.3 Å². The van der Waals surface area contributed by atoms with Crippen LogP contribution in [0.1, 0.15) is 20.3 Å². The van der Waals surface area contributed by atoms with Gasteiger partial charge in [-0.1, -0.05) is 26.0 Å². The SMILES string of the molecule is CC(C)CCNc1nc(N)nc2ccccc12. The van der Waals surface area contributed by atoms with Crippen molar-refractivity contribution in [2.24, 2.45) is 5.92 Å². The molecule has 0 fully saturated rings. The van der Waals surface area contributed by atoms with Gasteiger partial charge in [0, 0.05) is 11.9 Å². The summed E-state index contributed by atoms with van der Waals surface area (Å²) >= 11 is 0. The summed E-state index contributed by atoms with van der Waals surface area (Å²) in [6, 6.07) is 7.88. The first-order chi connectivity index (χ1) is 8.16. The molecule has 90 valence electrons. The third kappa shape index (κ3) is 2.84.